The number of carbonyl (C=O) groups excluding carboxylic acids is 1. The van der Waals surface area contributed by atoms with Crippen LogP contribution < -0.4 is 5.32 Å². The summed E-state index contributed by atoms with van der Waals surface area (Å²) in [5.41, 5.74) is 1.80. The molecule has 1 aromatic carbocycles. The first-order valence-electron chi connectivity index (χ1n) is 6.33. The van der Waals surface area contributed by atoms with E-state index in [0.717, 1.165) is 27.6 Å². The molecule has 102 valence electrons. The molecular formula is C13H13N5OS. The molecule has 6 nitrogen and oxygen atoms in total. The highest BCUT2D eigenvalue weighted by molar-refractivity contribution is 7.19. The second-order valence-corrected chi connectivity index (χ2v) is 5.30. The van der Waals surface area contributed by atoms with E-state index >= 15 is 0 Å². The molecule has 0 saturated heterocycles. The third-order valence-electron chi connectivity index (χ3n) is 2.78. The van der Waals surface area contributed by atoms with Crippen LogP contribution in [0, 0.1) is 0 Å². The molecule has 1 amide bonds. The van der Waals surface area contributed by atoms with Crippen molar-refractivity contribution in [3.8, 4) is 10.6 Å². The van der Waals surface area contributed by atoms with Crippen LogP contribution in [0.15, 0.2) is 30.6 Å². The summed E-state index contributed by atoms with van der Waals surface area (Å²) in [7, 11) is 0. The molecule has 7 heteroatoms. The van der Waals surface area contributed by atoms with E-state index in [0.29, 0.717) is 6.42 Å². The summed E-state index contributed by atoms with van der Waals surface area (Å²) in [5, 5.41) is 15.8. The van der Waals surface area contributed by atoms with Gasteiger partial charge in [-0.3, -0.25) is 4.79 Å². The fourth-order valence-electron chi connectivity index (χ4n) is 1.82. The Kier molecular flexibility index (Phi) is 3.42. The molecule has 1 N–H and O–H groups in total. The van der Waals surface area contributed by atoms with Crippen LogP contribution in [-0.2, 0) is 4.79 Å². The second-order valence-electron chi connectivity index (χ2n) is 4.34. The summed E-state index contributed by atoms with van der Waals surface area (Å²) in [6, 6.07) is 7.64. The highest BCUT2D eigenvalue weighted by Gasteiger charge is 2.08. The van der Waals surface area contributed by atoms with Gasteiger partial charge < -0.3 is 5.32 Å². The van der Waals surface area contributed by atoms with Gasteiger partial charge in [-0.2, -0.15) is 9.61 Å². The molecule has 3 aromatic rings. The zero-order valence-electron chi connectivity index (χ0n) is 10.9. The topological polar surface area (TPSA) is 72.2 Å². The van der Waals surface area contributed by atoms with Crippen LogP contribution in [0.1, 0.15) is 19.8 Å². The van der Waals surface area contributed by atoms with Crippen molar-refractivity contribution in [2.45, 2.75) is 19.8 Å². The molecule has 2 heterocycles. The Morgan fingerprint density at radius 1 is 1.35 bits per heavy atom. The smallest absolute Gasteiger partial charge is 0.234 e. The van der Waals surface area contributed by atoms with Crippen molar-refractivity contribution in [3.05, 3.63) is 30.6 Å². The first-order valence-corrected chi connectivity index (χ1v) is 7.15. The maximum Gasteiger partial charge on any atom is 0.234 e. The van der Waals surface area contributed by atoms with Gasteiger partial charge in [0.1, 0.15) is 11.3 Å². The largest absolute Gasteiger partial charge is 0.326 e. The molecule has 0 radical (unpaired) electrons. The molecule has 3 rings (SSSR count). The Labute approximate surface area is 119 Å². The lowest BCUT2D eigenvalue weighted by atomic mass is 10.2. The normalized spacial score (nSPS) is 10.8. The molecule has 0 atom stereocenters. The molecule has 0 spiro atoms. The maximum absolute atomic E-state index is 11.5. The van der Waals surface area contributed by atoms with Crippen LogP contribution in [-0.4, -0.2) is 25.7 Å². The highest BCUT2D eigenvalue weighted by Crippen LogP contribution is 2.25. The van der Waals surface area contributed by atoms with E-state index in [1.54, 1.807) is 10.8 Å². The lowest BCUT2D eigenvalue weighted by molar-refractivity contribution is -0.116. The van der Waals surface area contributed by atoms with E-state index < -0.39 is 0 Å². The third-order valence-corrected chi connectivity index (χ3v) is 3.74. The Balaban J connectivity index is 1.78. The zero-order valence-corrected chi connectivity index (χ0v) is 11.7. The van der Waals surface area contributed by atoms with E-state index in [4.69, 9.17) is 0 Å². The van der Waals surface area contributed by atoms with Gasteiger partial charge in [0.2, 0.25) is 10.9 Å². The Hall–Kier alpha value is -2.28. The van der Waals surface area contributed by atoms with Crippen molar-refractivity contribution < 1.29 is 4.79 Å². The average molecular weight is 287 g/mol. The molecule has 0 saturated carbocycles. The summed E-state index contributed by atoms with van der Waals surface area (Å²) in [6.45, 7) is 1.98. The molecule has 20 heavy (non-hydrogen) atoms. The van der Waals surface area contributed by atoms with Crippen LogP contribution >= 0.6 is 11.3 Å². The summed E-state index contributed by atoms with van der Waals surface area (Å²) in [4.78, 5) is 12.3. The van der Waals surface area contributed by atoms with Crippen molar-refractivity contribution in [1.29, 1.82) is 0 Å². The van der Waals surface area contributed by atoms with E-state index in [9.17, 15) is 4.79 Å². The standard InChI is InChI=1S/C13H13N5OS/c1-2-3-11(19)15-10-6-4-9(5-7-10)12-17-18-8-14-16-13(18)20-12/h4-8H,2-3H2,1H3,(H,15,19). The molecule has 0 unspecified atom stereocenters. The van der Waals surface area contributed by atoms with Gasteiger partial charge in [-0.05, 0) is 30.7 Å². The molecular weight excluding hydrogens is 274 g/mol. The van der Waals surface area contributed by atoms with Crippen molar-refractivity contribution in [2.75, 3.05) is 5.32 Å². The minimum absolute atomic E-state index is 0.0408. The maximum atomic E-state index is 11.5. The third kappa shape index (κ3) is 2.53. The van der Waals surface area contributed by atoms with Crippen molar-refractivity contribution in [2.24, 2.45) is 0 Å². The van der Waals surface area contributed by atoms with Crippen LogP contribution in [0.25, 0.3) is 15.5 Å². The summed E-state index contributed by atoms with van der Waals surface area (Å²) in [6.07, 6.45) is 2.96. The highest BCUT2D eigenvalue weighted by atomic mass is 32.1. The number of hydrogen-bond acceptors (Lipinski definition) is 5. The Morgan fingerprint density at radius 3 is 2.85 bits per heavy atom. The second kappa shape index (κ2) is 5.38. The fourth-order valence-corrected chi connectivity index (χ4v) is 2.65. The molecule has 0 aliphatic heterocycles. The van der Waals surface area contributed by atoms with Crippen LogP contribution in [0.2, 0.25) is 0 Å². The summed E-state index contributed by atoms with van der Waals surface area (Å²) >= 11 is 1.48. The fraction of sp³-hybridized carbons (Fsp3) is 0.231. The van der Waals surface area contributed by atoms with Gasteiger partial charge in [-0.25, -0.2) is 0 Å². The lowest BCUT2D eigenvalue weighted by Gasteiger charge is -2.04. The predicted octanol–water partition coefficient (Wildman–Crippen LogP) is 2.59. The quantitative estimate of drug-likeness (QED) is 0.800. The van der Waals surface area contributed by atoms with Gasteiger partial charge in [0.15, 0.2) is 0 Å². The number of aromatic nitrogens is 4. The first-order chi connectivity index (χ1) is 9.76. The van der Waals surface area contributed by atoms with E-state index in [1.807, 2.05) is 31.2 Å². The number of hydrogen-bond donors (Lipinski definition) is 1. The minimum Gasteiger partial charge on any atom is -0.326 e. The number of amides is 1. The van der Waals surface area contributed by atoms with Crippen molar-refractivity contribution >= 4 is 27.9 Å². The van der Waals surface area contributed by atoms with Gasteiger partial charge >= 0.3 is 0 Å². The van der Waals surface area contributed by atoms with Gasteiger partial charge in [-0.1, -0.05) is 18.3 Å². The van der Waals surface area contributed by atoms with Gasteiger partial charge in [0, 0.05) is 17.7 Å². The molecule has 0 fully saturated rings. The van der Waals surface area contributed by atoms with Crippen molar-refractivity contribution in [1.82, 2.24) is 19.8 Å². The predicted molar refractivity (Wildman–Crippen MR) is 77.6 cm³/mol. The minimum atomic E-state index is 0.0408. The number of nitrogens with zero attached hydrogens (tertiary/aromatic N) is 4. The van der Waals surface area contributed by atoms with Crippen LogP contribution in [0.3, 0.4) is 0 Å². The van der Waals surface area contributed by atoms with Crippen molar-refractivity contribution in [3.63, 3.8) is 0 Å². The first kappa shape index (κ1) is 12.7. The van der Waals surface area contributed by atoms with Crippen LogP contribution in [0.5, 0.6) is 0 Å². The molecule has 0 bridgehead atoms. The molecule has 0 aliphatic carbocycles. The van der Waals surface area contributed by atoms with E-state index in [-0.39, 0.29) is 5.91 Å². The van der Waals surface area contributed by atoms with Gasteiger partial charge in [-0.15, -0.1) is 10.2 Å². The number of fused-ring (bicyclic) bond motifs is 1. The van der Waals surface area contributed by atoms with Gasteiger partial charge in [0.25, 0.3) is 0 Å². The molecule has 0 aliphatic rings. The SMILES string of the molecule is CCCC(=O)Nc1ccc(-c2nn3cnnc3s2)cc1. The number of carbonyl (C=O) groups is 1. The summed E-state index contributed by atoms with van der Waals surface area (Å²) < 4.78 is 1.65. The number of rotatable bonds is 4. The number of anilines is 1. The van der Waals surface area contributed by atoms with Gasteiger partial charge in [0.05, 0.1) is 0 Å². The average Bonchev–Trinajstić information content (AvgIpc) is 3.00. The molecule has 2 aromatic heterocycles. The number of benzene rings is 1. The lowest BCUT2D eigenvalue weighted by Crippen LogP contribution is -2.10. The monoisotopic (exact) mass is 287 g/mol. The zero-order chi connectivity index (χ0) is 13.9. The van der Waals surface area contributed by atoms with E-state index in [1.165, 1.54) is 11.3 Å². The Bertz CT molecular complexity index is 702. The number of nitrogens with one attached hydrogen (secondary N) is 1. The summed E-state index contributed by atoms with van der Waals surface area (Å²) in [5.74, 6) is 0.0408. The van der Waals surface area contributed by atoms with E-state index in [2.05, 4.69) is 20.6 Å². The van der Waals surface area contributed by atoms with Crippen LogP contribution in [0.4, 0.5) is 5.69 Å². The Morgan fingerprint density at radius 2 is 2.15 bits per heavy atom.